The molecule has 0 saturated carbocycles. The van der Waals surface area contributed by atoms with Crippen molar-refractivity contribution in [3.05, 3.63) is 71.0 Å². The smallest absolute Gasteiger partial charge is 0.236 e. The van der Waals surface area contributed by atoms with E-state index in [1.54, 1.807) is 6.20 Å². The Morgan fingerprint density at radius 3 is 2.52 bits per heavy atom. The Balaban J connectivity index is 1.77. The van der Waals surface area contributed by atoms with E-state index in [2.05, 4.69) is 27.1 Å². The zero-order valence-electron chi connectivity index (χ0n) is 12.7. The Morgan fingerprint density at radius 2 is 1.78 bits per heavy atom. The predicted octanol–water partition coefficient (Wildman–Crippen LogP) is 4.12. The Bertz CT molecular complexity index is 779. The molecule has 116 valence electrons. The van der Waals surface area contributed by atoms with Crippen LogP contribution in [0.2, 0.25) is 5.02 Å². The first-order valence-corrected chi connectivity index (χ1v) is 7.74. The van der Waals surface area contributed by atoms with Gasteiger partial charge in [-0.2, -0.15) is 4.98 Å². The number of halogens is 1. The third-order valence-electron chi connectivity index (χ3n) is 3.35. The molecule has 5 heteroatoms. The zero-order valence-corrected chi connectivity index (χ0v) is 13.5. The number of hydrogen-bond donors (Lipinski definition) is 0. The molecule has 3 rings (SSSR count). The van der Waals surface area contributed by atoms with Crippen molar-refractivity contribution >= 4 is 11.6 Å². The van der Waals surface area contributed by atoms with E-state index in [0.29, 0.717) is 34.7 Å². The second kappa shape index (κ2) is 7.20. The van der Waals surface area contributed by atoms with Crippen LogP contribution in [-0.2, 0) is 6.42 Å². The number of aromatic nitrogens is 3. The summed E-state index contributed by atoms with van der Waals surface area (Å²) in [7, 11) is 0. The molecule has 0 atom stereocenters. The van der Waals surface area contributed by atoms with E-state index < -0.39 is 0 Å². The molecular weight excluding hydrogens is 310 g/mol. The lowest BCUT2D eigenvalue weighted by Gasteiger charge is -2.10. The molecule has 2 heterocycles. The van der Waals surface area contributed by atoms with Gasteiger partial charge in [-0.1, -0.05) is 48.0 Å². The van der Waals surface area contributed by atoms with Crippen LogP contribution in [0.4, 0.5) is 0 Å². The summed E-state index contributed by atoms with van der Waals surface area (Å²) in [5, 5.41) is 0.442. The van der Waals surface area contributed by atoms with Gasteiger partial charge < -0.3 is 4.74 Å². The summed E-state index contributed by atoms with van der Waals surface area (Å²) in [6, 6.07) is 15.7. The van der Waals surface area contributed by atoms with E-state index in [1.807, 2.05) is 43.3 Å². The lowest BCUT2D eigenvalue weighted by Crippen LogP contribution is -2.06. The van der Waals surface area contributed by atoms with E-state index in [1.165, 1.54) is 5.56 Å². The van der Waals surface area contributed by atoms with Crippen LogP contribution in [-0.4, -0.2) is 21.6 Å². The molecule has 0 unspecified atom stereocenters. The number of pyridine rings is 1. The lowest BCUT2D eigenvalue weighted by molar-refractivity contribution is 0.309. The van der Waals surface area contributed by atoms with Gasteiger partial charge in [0.2, 0.25) is 5.88 Å². The highest BCUT2D eigenvalue weighted by molar-refractivity contribution is 6.32. The van der Waals surface area contributed by atoms with Crippen molar-refractivity contribution in [2.24, 2.45) is 0 Å². The minimum atomic E-state index is 0.399. The Hall–Kier alpha value is -2.46. The normalized spacial score (nSPS) is 10.5. The summed E-state index contributed by atoms with van der Waals surface area (Å²) >= 11 is 6.26. The molecule has 0 aliphatic carbocycles. The fourth-order valence-corrected chi connectivity index (χ4v) is 2.29. The first-order valence-electron chi connectivity index (χ1n) is 7.36. The largest absolute Gasteiger partial charge is 0.476 e. The number of benzene rings is 1. The van der Waals surface area contributed by atoms with Crippen LogP contribution in [0.5, 0.6) is 5.88 Å². The Morgan fingerprint density at radius 1 is 1.00 bits per heavy atom. The molecule has 0 aliphatic heterocycles. The van der Waals surface area contributed by atoms with Crippen molar-refractivity contribution in [2.45, 2.75) is 13.3 Å². The van der Waals surface area contributed by atoms with E-state index in [0.717, 1.165) is 6.42 Å². The molecule has 0 saturated heterocycles. The molecule has 1 aromatic carbocycles. The van der Waals surface area contributed by atoms with E-state index in [4.69, 9.17) is 16.3 Å². The van der Waals surface area contributed by atoms with Crippen molar-refractivity contribution in [3.63, 3.8) is 0 Å². The van der Waals surface area contributed by atoms with E-state index >= 15 is 0 Å². The summed E-state index contributed by atoms with van der Waals surface area (Å²) in [6.45, 7) is 2.34. The first kappa shape index (κ1) is 15.4. The first-order chi connectivity index (χ1) is 11.2. The summed E-state index contributed by atoms with van der Waals surface area (Å²) in [4.78, 5) is 13.1. The van der Waals surface area contributed by atoms with Crippen molar-refractivity contribution in [1.82, 2.24) is 15.0 Å². The molecular formula is C18H16ClN3O. The minimum absolute atomic E-state index is 0.399. The van der Waals surface area contributed by atoms with E-state index in [9.17, 15) is 0 Å². The van der Waals surface area contributed by atoms with Crippen LogP contribution in [0.1, 0.15) is 11.3 Å². The lowest BCUT2D eigenvalue weighted by atomic mass is 10.2. The highest BCUT2D eigenvalue weighted by Gasteiger charge is 2.13. The number of aryl methyl sites for hydroxylation is 1. The van der Waals surface area contributed by atoms with Gasteiger partial charge in [-0.05, 0) is 24.6 Å². The average Bonchev–Trinajstić information content (AvgIpc) is 2.60. The average molecular weight is 326 g/mol. The standard InChI is InChI=1S/C18H16ClN3O/c1-13-16(19)18(23-12-10-14-7-3-2-4-8-14)22-17(21-13)15-9-5-6-11-20-15/h2-9,11H,10,12H2,1H3. The van der Waals surface area contributed by atoms with Crippen molar-refractivity contribution < 1.29 is 4.74 Å². The molecule has 0 bridgehead atoms. The van der Waals surface area contributed by atoms with Gasteiger partial charge in [0.05, 0.1) is 12.3 Å². The van der Waals surface area contributed by atoms with Crippen LogP contribution in [0.3, 0.4) is 0 Å². The number of nitrogens with zero attached hydrogens (tertiary/aromatic N) is 3. The summed E-state index contributed by atoms with van der Waals surface area (Å²) in [5.41, 5.74) is 2.58. The molecule has 4 nitrogen and oxygen atoms in total. The van der Waals surface area contributed by atoms with Crippen molar-refractivity contribution in [3.8, 4) is 17.4 Å². The number of rotatable bonds is 5. The van der Waals surface area contributed by atoms with Crippen LogP contribution in [0, 0.1) is 6.92 Å². The SMILES string of the molecule is Cc1nc(-c2ccccn2)nc(OCCc2ccccc2)c1Cl. The maximum Gasteiger partial charge on any atom is 0.236 e. The molecule has 0 aliphatic rings. The summed E-state index contributed by atoms with van der Waals surface area (Å²) in [6.07, 6.45) is 2.50. The third-order valence-corrected chi connectivity index (χ3v) is 3.79. The molecule has 2 aromatic heterocycles. The minimum Gasteiger partial charge on any atom is -0.476 e. The fourth-order valence-electron chi connectivity index (χ4n) is 2.15. The maximum atomic E-state index is 6.26. The van der Waals surface area contributed by atoms with Crippen molar-refractivity contribution in [2.75, 3.05) is 6.61 Å². The van der Waals surface area contributed by atoms with Gasteiger partial charge >= 0.3 is 0 Å². The van der Waals surface area contributed by atoms with Gasteiger partial charge in [0.15, 0.2) is 5.82 Å². The molecule has 23 heavy (non-hydrogen) atoms. The van der Waals surface area contributed by atoms with Crippen molar-refractivity contribution in [1.29, 1.82) is 0 Å². The topological polar surface area (TPSA) is 47.9 Å². The molecule has 0 fully saturated rings. The van der Waals surface area contributed by atoms with Gasteiger partial charge in [-0.15, -0.1) is 0 Å². The Kier molecular flexibility index (Phi) is 4.83. The quantitative estimate of drug-likeness (QED) is 0.708. The second-order valence-corrected chi connectivity index (χ2v) is 5.43. The molecule has 3 aromatic rings. The van der Waals surface area contributed by atoms with Crippen LogP contribution in [0.15, 0.2) is 54.7 Å². The summed E-state index contributed by atoms with van der Waals surface area (Å²) in [5.74, 6) is 0.915. The van der Waals surface area contributed by atoms with E-state index in [-0.39, 0.29) is 0 Å². The third kappa shape index (κ3) is 3.85. The van der Waals surface area contributed by atoms with Gasteiger partial charge in [0.25, 0.3) is 0 Å². The second-order valence-electron chi connectivity index (χ2n) is 5.05. The number of hydrogen-bond acceptors (Lipinski definition) is 4. The molecule has 0 amide bonds. The van der Waals surface area contributed by atoms with Gasteiger partial charge in [-0.3, -0.25) is 4.98 Å². The van der Waals surface area contributed by atoms with Gasteiger partial charge in [0.1, 0.15) is 10.7 Å². The number of ether oxygens (including phenoxy) is 1. The monoisotopic (exact) mass is 325 g/mol. The predicted molar refractivity (Wildman–Crippen MR) is 90.7 cm³/mol. The highest BCUT2D eigenvalue weighted by Crippen LogP contribution is 2.27. The maximum absolute atomic E-state index is 6.26. The fraction of sp³-hybridized carbons (Fsp3) is 0.167. The molecule has 0 radical (unpaired) electrons. The van der Waals surface area contributed by atoms with Gasteiger partial charge in [0, 0.05) is 12.6 Å². The molecule has 0 N–H and O–H groups in total. The Labute approximate surface area is 140 Å². The van der Waals surface area contributed by atoms with Gasteiger partial charge in [-0.25, -0.2) is 4.98 Å². The molecule has 0 spiro atoms. The zero-order chi connectivity index (χ0) is 16.1. The van der Waals surface area contributed by atoms with Crippen LogP contribution < -0.4 is 4.74 Å². The highest BCUT2D eigenvalue weighted by atomic mass is 35.5. The van der Waals surface area contributed by atoms with Crippen LogP contribution >= 0.6 is 11.6 Å². The van der Waals surface area contributed by atoms with Crippen LogP contribution in [0.25, 0.3) is 11.5 Å². The summed E-state index contributed by atoms with van der Waals surface area (Å²) < 4.78 is 5.77.